The monoisotopic (exact) mass is 205 g/mol. The van der Waals surface area contributed by atoms with E-state index in [1.807, 2.05) is 31.1 Å². The van der Waals surface area contributed by atoms with Gasteiger partial charge in [0.15, 0.2) is 0 Å². The molecule has 0 aromatic carbocycles. The molecule has 3 heteroatoms. The van der Waals surface area contributed by atoms with Crippen molar-refractivity contribution in [1.29, 1.82) is 0 Å². The normalized spacial score (nSPS) is 12.7. The molecular formula is C12H19N3. The maximum Gasteiger partial charge on any atom is 0.0722 e. The van der Waals surface area contributed by atoms with E-state index in [0.29, 0.717) is 0 Å². The predicted octanol–water partition coefficient (Wildman–Crippen LogP) is 2.48. The maximum atomic E-state index is 4.30. The van der Waals surface area contributed by atoms with Crippen molar-refractivity contribution in [2.24, 2.45) is 12.0 Å². The minimum atomic E-state index is 1.07. The van der Waals surface area contributed by atoms with Gasteiger partial charge < -0.3 is 0 Å². The summed E-state index contributed by atoms with van der Waals surface area (Å²) in [7, 11) is 3.76. The van der Waals surface area contributed by atoms with Crippen molar-refractivity contribution in [1.82, 2.24) is 9.78 Å². The molecule has 0 aliphatic heterocycles. The summed E-state index contributed by atoms with van der Waals surface area (Å²) in [6.45, 7) is 4.21. The number of hydrogen-bond donors (Lipinski definition) is 0. The molecule has 0 atom stereocenters. The summed E-state index contributed by atoms with van der Waals surface area (Å²) >= 11 is 0. The zero-order chi connectivity index (χ0) is 11.3. The second kappa shape index (κ2) is 5.49. The second-order valence-electron chi connectivity index (χ2n) is 3.52. The smallest absolute Gasteiger partial charge is 0.0722 e. The fraction of sp³-hybridized carbons (Fsp3) is 0.500. The molecule has 1 aromatic heterocycles. The van der Waals surface area contributed by atoms with E-state index in [0.717, 1.165) is 18.4 Å². The van der Waals surface area contributed by atoms with Crippen LogP contribution >= 0.6 is 0 Å². The van der Waals surface area contributed by atoms with Crippen molar-refractivity contribution in [2.45, 2.75) is 26.7 Å². The van der Waals surface area contributed by atoms with Crippen LogP contribution in [-0.4, -0.2) is 23.0 Å². The highest BCUT2D eigenvalue weighted by Gasteiger charge is 2.10. The molecule has 0 N–H and O–H groups in total. The van der Waals surface area contributed by atoms with E-state index in [2.05, 4.69) is 23.1 Å². The lowest BCUT2D eigenvalue weighted by Crippen LogP contribution is -2.01. The SMILES string of the molecule is CC=C(C=NC)c1c(CCC)cnn1C. The number of aromatic nitrogens is 2. The fourth-order valence-electron chi connectivity index (χ4n) is 1.72. The van der Waals surface area contributed by atoms with Gasteiger partial charge in [-0.15, -0.1) is 0 Å². The topological polar surface area (TPSA) is 30.2 Å². The van der Waals surface area contributed by atoms with E-state index in [1.165, 1.54) is 11.3 Å². The van der Waals surface area contributed by atoms with Crippen LogP contribution in [0, 0.1) is 0 Å². The van der Waals surface area contributed by atoms with E-state index in [9.17, 15) is 0 Å². The van der Waals surface area contributed by atoms with E-state index >= 15 is 0 Å². The average Bonchev–Trinajstić information content (AvgIpc) is 2.58. The Morgan fingerprint density at radius 2 is 2.33 bits per heavy atom. The third kappa shape index (κ3) is 2.55. The van der Waals surface area contributed by atoms with Crippen LogP contribution in [0.15, 0.2) is 17.3 Å². The van der Waals surface area contributed by atoms with Crippen LogP contribution in [0.5, 0.6) is 0 Å². The van der Waals surface area contributed by atoms with Gasteiger partial charge in [-0.1, -0.05) is 19.4 Å². The maximum absolute atomic E-state index is 4.30. The number of aliphatic imine (C=N–C) groups is 1. The molecule has 0 fully saturated rings. The summed E-state index contributed by atoms with van der Waals surface area (Å²) < 4.78 is 1.92. The van der Waals surface area contributed by atoms with Crippen molar-refractivity contribution >= 4 is 11.8 Å². The molecule has 1 aromatic rings. The van der Waals surface area contributed by atoms with Gasteiger partial charge in [0, 0.05) is 25.9 Å². The highest BCUT2D eigenvalue weighted by atomic mass is 15.3. The van der Waals surface area contributed by atoms with Gasteiger partial charge in [0.2, 0.25) is 0 Å². The van der Waals surface area contributed by atoms with Crippen LogP contribution in [0.1, 0.15) is 31.5 Å². The van der Waals surface area contributed by atoms with Crippen LogP contribution in [0.3, 0.4) is 0 Å². The average molecular weight is 205 g/mol. The molecule has 0 bridgehead atoms. The molecule has 0 radical (unpaired) electrons. The summed E-state index contributed by atoms with van der Waals surface area (Å²) in [6.07, 6.45) is 8.11. The number of rotatable bonds is 4. The molecule has 15 heavy (non-hydrogen) atoms. The summed E-state index contributed by atoms with van der Waals surface area (Å²) in [5.74, 6) is 0. The van der Waals surface area contributed by atoms with Gasteiger partial charge in [-0.2, -0.15) is 5.10 Å². The lowest BCUT2D eigenvalue weighted by Gasteiger charge is -2.05. The van der Waals surface area contributed by atoms with Gasteiger partial charge in [-0.05, 0) is 18.9 Å². The first kappa shape index (κ1) is 11.7. The molecule has 1 heterocycles. The molecule has 0 saturated heterocycles. The number of aryl methyl sites for hydroxylation is 2. The van der Waals surface area contributed by atoms with Crippen molar-refractivity contribution in [3.63, 3.8) is 0 Å². The van der Waals surface area contributed by atoms with E-state index in [4.69, 9.17) is 0 Å². The highest BCUT2D eigenvalue weighted by molar-refractivity contribution is 6.09. The molecule has 1 rings (SSSR count). The Kier molecular flexibility index (Phi) is 4.28. The van der Waals surface area contributed by atoms with Gasteiger partial charge in [0.25, 0.3) is 0 Å². The van der Waals surface area contributed by atoms with Gasteiger partial charge in [-0.25, -0.2) is 0 Å². The molecule has 0 saturated carbocycles. The fourth-order valence-corrected chi connectivity index (χ4v) is 1.72. The summed E-state index contributed by atoms with van der Waals surface area (Å²) in [5, 5.41) is 4.30. The van der Waals surface area contributed by atoms with Gasteiger partial charge in [0.1, 0.15) is 0 Å². The van der Waals surface area contributed by atoms with Crippen LogP contribution in [-0.2, 0) is 13.5 Å². The predicted molar refractivity (Wildman–Crippen MR) is 65.3 cm³/mol. The van der Waals surface area contributed by atoms with Crippen molar-refractivity contribution in [3.8, 4) is 0 Å². The number of nitrogens with zero attached hydrogens (tertiary/aromatic N) is 3. The van der Waals surface area contributed by atoms with Gasteiger partial charge in [-0.3, -0.25) is 9.67 Å². The molecule has 0 aliphatic carbocycles. The zero-order valence-corrected chi connectivity index (χ0v) is 9.99. The Hall–Kier alpha value is -1.38. The first-order valence-corrected chi connectivity index (χ1v) is 5.34. The molecule has 3 nitrogen and oxygen atoms in total. The van der Waals surface area contributed by atoms with Gasteiger partial charge in [0.05, 0.1) is 11.9 Å². The standard InChI is InChI=1S/C12H19N3/c1-5-7-11-9-14-15(4)12(11)10(6-2)8-13-3/h6,8-9H,5,7H2,1-4H3. The number of hydrogen-bond acceptors (Lipinski definition) is 2. The lowest BCUT2D eigenvalue weighted by atomic mass is 10.1. The van der Waals surface area contributed by atoms with Crippen molar-refractivity contribution in [2.75, 3.05) is 7.05 Å². The Morgan fingerprint density at radius 3 is 2.87 bits per heavy atom. The first-order valence-electron chi connectivity index (χ1n) is 5.34. The quantitative estimate of drug-likeness (QED) is 0.694. The summed E-state index contributed by atoms with van der Waals surface area (Å²) in [6, 6.07) is 0. The lowest BCUT2D eigenvalue weighted by molar-refractivity contribution is 0.756. The Morgan fingerprint density at radius 1 is 1.60 bits per heavy atom. The first-order chi connectivity index (χ1) is 7.24. The second-order valence-corrected chi connectivity index (χ2v) is 3.52. The van der Waals surface area contributed by atoms with Gasteiger partial charge >= 0.3 is 0 Å². The Balaban J connectivity index is 3.15. The highest BCUT2D eigenvalue weighted by Crippen LogP contribution is 2.18. The molecule has 0 spiro atoms. The van der Waals surface area contributed by atoms with Crippen LogP contribution in [0.25, 0.3) is 5.57 Å². The van der Waals surface area contributed by atoms with E-state index in [1.54, 1.807) is 7.05 Å². The molecular weight excluding hydrogens is 186 g/mol. The van der Waals surface area contributed by atoms with Crippen molar-refractivity contribution in [3.05, 3.63) is 23.5 Å². The minimum Gasteiger partial charge on any atom is -0.296 e. The van der Waals surface area contributed by atoms with Crippen LogP contribution < -0.4 is 0 Å². The van der Waals surface area contributed by atoms with Crippen LogP contribution in [0.2, 0.25) is 0 Å². The van der Waals surface area contributed by atoms with E-state index < -0.39 is 0 Å². The Labute approximate surface area is 91.5 Å². The molecule has 82 valence electrons. The van der Waals surface area contributed by atoms with Crippen LogP contribution in [0.4, 0.5) is 0 Å². The largest absolute Gasteiger partial charge is 0.296 e. The molecule has 0 unspecified atom stereocenters. The van der Waals surface area contributed by atoms with E-state index in [-0.39, 0.29) is 0 Å². The zero-order valence-electron chi connectivity index (χ0n) is 9.99. The third-order valence-electron chi connectivity index (χ3n) is 2.39. The minimum absolute atomic E-state index is 1.07. The molecule has 0 aliphatic rings. The third-order valence-corrected chi connectivity index (χ3v) is 2.39. The number of allylic oxidation sites excluding steroid dienone is 2. The Bertz CT molecular complexity index is 372. The molecule has 0 amide bonds. The summed E-state index contributed by atoms with van der Waals surface area (Å²) in [4.78, 5) is 4.07. The van der Waals surface area contributed by atoms with Crippen molar-refractivity contribution < 1.29 is 0 Å². The summed E-state index contributed by atoms with van der Waals surface area (Å²) in [5.41, 5.74) is 3.62.